The summed E-state index contributed by atoms with van der Waals surface area (Å²) >= 11 is 0. The summed E-state index contributed by atoms with van der Waals surface area (Å²) in [6.45, 7) is 0.947. The van der Waals surface area contributed by atoms with Gasteiger partial charge in [-0.25, -0.2) is 4.98 Å². The number of amides is 1. The van der Waals surface area contributed by atoms with Gasteiger partial charge in [0.15, 0.2) is 5.82 Å². The van der Waals surface area contributed by atoms with Gasteiger partial charge in [-0.05, 0) is 25.0 Å². The van der Waals surface area contributed by atoms with Crippen molar-refractivity contribution >= 4 is 17.4 Å². The largest absolute Gasteiger partial charge is 0.343 e. The van der Waals surface area contributed by atoms with Crippen molar-refractivity contribution in [2.24, 2.45) is 0 Å². The molecule has 2 aliphatic rings. The van der Waals surface area contributed by atoms with Crippen LogP contribution in [0.2, 0.25) is 0 Å². The number of pyridine rings is 1. The quantitative estimate of drug-likeness (QED) is 0.662. The van der Waals surface area contributed by atoms with Gasteiger partial charge in [-0.1, -0.05) is 0 Å². The van der Waals surface area contributed by atoms with Crippen LogP contribution in [-0.2, 0) is 4.79 Å². The minimum absolute atomic E-state index is 0.0115. The van der Waals surface area contributed by atoms with Crippen LogP contribution in [0.5, 0.6) is 0 Å². The molecule has 2 aliphatic heterocycles. The highest BCUT2D eigenvalue weighted by molar-refractivity contribution is 6.03. The maximum Gasteiger partial charge on any atom is 0.247 e. The van der Waals surface area contributed by atoms with E-state index in [1.54, 1.807) is 6.20 Å². The topological polar surface area (TPSA) is 45.2 Å². The molecule has 1 fully saturated rings. The van der Waals surface area contributed by atoms with Gasteiger partial charge in [-0.15, -0.1) is 0 Å². The third-order valence-electron chi connectivity index (χ3n) is 2.87. The molecule has 0 aromatic carbocycles. The smallest absolute Gasteiger partial charge is 0.247 e. The van der Waals surface area contributed by atoms with E-state index in [1.807, 2.05) is 12.1 Å². The monoisotopic (exact) mass is 189 g/mol. The van der Waals surface area contributed by atoms with Gasteiger partial charge in [0, 0.05) is 12.7 Å². The number of anilines is 2. The number of nitrogens with zero attached hydrogens (tertiary/aromatic N) is 2. The Hall–Kier alpha value is -1.58. The fraction of sp³-hybridized carbons (Fsp3) is 0.400. The lowest BCUT2D eigenvalue weighted by molar-refractivity contribution is -0.117. The maximum atomic E-state index is 11.7. The van der Waals surface area contributed by atoms with Crippen molar-refractivity contribution in [3.8, 4) is 0 Å². The zero-order chi connectivity index (χ0) is 9.54. The van der Waals surface area contributed by atoms with E-state index in [1.165, 1.54) is 0 Å². The predicted molar refractivity (Wildman–Crippen MR) is 53.2 cm³/mol. The molecule has 1 saturated heterocycles. The van der Waals surface area contributed by atoms with E-state index in [-0.39, 0.29) is 11.9 Å². The second-order valence-corrected chi connectivity index (χ2v) is 3.72. The summed E-state index contributed by atoms with van der Waals surface area (Å²) in [5, 5.41) is 2.89. The number of nitrogens with one attached hydrogen (secondary N) is 1. The Morgan fingerprint density at radius 1 is 1.57 bits per heavy atom. The zero-order valence-corrected chi connectivity index (χ0v) is 7.73. The first kappa shape index (κ1) is 7.79. The molecular formula is C10H11N3O. The van der Waals surface area contributed by atoms with Gasteiger partial charge in [-0.3, -0.25) is 4.79 Å². The number of fused-ring (bicyclic) bond motifs is 3. The Labute approximate surface area is 81.9 Å². The predicted octanol–water partition coefficient (Wildman–Crippen LogP) is 1.00. The normalized spacial score (nSPS) is 24.1. The van der Waals surface area contributed by atoms with Crippen LogP contribution in [-0.4, -0.2) is 23.5 Å². The second kappa shape index (κ2) is 2.70. The van der Waals surface area contributed by atoms with E-state index in [0.717, 1.165) is 30.9 Å². The first-order chi connectivity index (χ1) is 6.86. The third kappa shape index (κ3) is 0.937. The van der Waals surface area contributed by atoms with Crippen LogP contribution >= 0.6 is 0 Å². The molecule has 14 heavy (non-hydrogen) atoms. The molecule has 0 radical (unpaired) electrons. The molecule has 0 aliphatic carbocycles. The minimum atomic E-state index is 0.0115. The van der Waals surface area contributed by atoms with E-state index < -0.39 is 0 Å². The number of hydrogen-bond donors (Lipinski definition) is 1. The summed E-state index contributed by atoms with van der Waals surface area (Å²) in [7, 11) is 0. The van der Waals surface area contributed by atoms with Crippen LogP contribution in [0, 0.1) is 0 Å². The first-order valence-corrected chi connectivity index (χ1v) is 4.89. The van der Waals surface area contributed by atoms with Gasteiger partial charge in [0.1, 0.15) is 6.04 Å². The molecule has 1 aromatic rings. The summed E-state index contributed by atoms with van der Waals surface area (Å²) in [5.41, 5.74) is 0.843. The van der Waals surface area contributed by atoms with E-state index >= 15 is 0 Å². The molecule has 0 bridgehead atoms. The Kier molecular flexibility index (Phi) is 1.50. The lowest BCUT2D eigenvalue weighted by Crippen LogP contribution is -2.44. The molecule has 0 unspecified atom stereocenters. The highest BCUT2D eigenvalue weighted by Gasteiger charge is 2.36. The lowest BCUT2D eigenvalue weighted by atomic mass is 10.1. The highest BCUT2D eigenvalue weighted by atomic mass is 16.2. The van der Waals surface area contributed by atoms with Gasteiger partial charge in [-0.2, -0.15) is 0 Å². The fourth-order valence-corrected chi connectivity index (χ4v) is 2.23. The van der Waals surface area contributed by atoms with Crippen LogP contribution in [0.4, 0.5) is 11.5 Å². The molecule has 1 N–H and O–H groups in total. The van der Waals surface area contributed by atoms with E-state index in [0.29, 0.717) is 0 Å². The summed E-state index contributed by atoms with van der Waals surface area (Å²) in [5.74, 6) is 1.04. The number of carbonyl (C=O) groups is 1. The van der Waals surface area contributed by atoms with Gasteiger partial charge < -0.3 is 10.2 Å². The zero-order valence-electron chi connectivity index (χ0n) is 7.73. The summed E-state index contributed by atoms with van der Waals surface area (Å²) in [6, 6.07) is 3.75. The Morgan fingerprint density at radius 3 is 3.43 bits per heavy atom. The molecule has 0 saturated carbocycles. The molecule has 3 rings (SSSR count). The van der Waals surface area contributed by atoms with Crippen LogP contribution in [0.3, 0.4) is 0 Å². The third-order valence-corrected chi connectivity index (χ3v) is 2.87. The van der Waals surface area contributed by atoms with Crippen molar-refractivity contribution in [3.05, 3.63) is 18.3 Å². The highest BCUT2D eigenvalue weighted by Crippen LogP contribution is 2.34. The lowest BCUT2D eigenvalue weighted by Gasteiger charge is -2.31. The molecule has 4 heteroatoms. The minimum Gasteiger partial charge on any atom is -0.343 e. The molecule has 1 atom stereocenters. The van der Waals surface area contributed by atoms with Gasteiger partial charge in [0.25, 0.3) is 0 Å². The molecule has 0 spiro atoms. The molecule has 1 aromatic heterocycles. The van der Waals surface area contributed by atoms with Crippen molar-refractivity contribution in [2.45, 2.75) is 18.9 Å². The first-order valence-electron chi connectivity index (χ1n) is 4.89. The van der Waals surface area contributed by atoms with Gasteiger partial charge in [0.05, 0.1) is 5.69 Å². The van der Waals surface area contributed by atoms with Crippen molar-refractivity contribution < 1.29 is 4.79 Å². The standard InChI is InChI=1S/C10H11N3O/c14-10-8-4-2-6-13(8)9-7(12-10)3-1-5-11-9/h1,3,5,8H,2,4,6H2,(H,12,14)/t8-/m0/s1. The van der Waals surface area contributed by atoms with Crippen molar-refractivity contribution in [2.75, 3.05) is 16.8 Å². The van der Waals surface area contributed by atoms with Crippen molar-refractivity contribution in [1.82, 2.24) is 4.98 Å². The number of aromatic nitrogens is 1. The van der Waals surface area contributed by atoms with Crippen LogP contribution in [0.1, 0.15) is 12.8 Å². The Bertz CT molecular complexity index is 391. The SMILES string of the molecule is O=C1Nc2cccnc2N2CCC[C@@H]12. The van der Waals surface area contributed by atoms with E-state index in [9.17, 15) is 4.79 Å². The maximum absolute atomic E-state index is 11.7. The fourth-order valence-electron chi connectivity index (χ4n) is 2.23. The average Bonchev–Trinajstić information content (AvgIpc) is 2.67. The number of rotatable bonds is 0. The summed E-state index contributed by atoms with van der Waals surface area (Å²) in [6.07, 6.45) is 3.79. The molecule has 72 valence electrons. The van der Waals surface area contributed by atoms with Crippen molar-refractivity contribution in [1.29, 1.82) is 0 Å². The van der Waals surface area contributed by atoms with Crippen LogP contribution < -0.4 is 10.2 Å². The number of carbonyl (C=O) groups excluding carboxylic acids is 1. The molecular weight excluding hydrogens is 178 g/mol. The van der Waals surface area contributed by atoms with Crippen LogP contribution in [0.15, 0.2) is 18.3 Å². The second-order valence-electron chi connectivity index (χ2n) is 3.72. The molecule has 1 amide bonds. The van der Waals surface area contributed by atoms with Crippen LogP contribution in [0.25, 0.3) is 0 Å². The average molecular weight is 189 g/mol. The molecule has 4 nitrogen and oxygen atoms in total. The van der Waals surface area contributed by atoms with Gasteiger partial charge in [0.2, 0.25) is 5.91 Å². The van der Waals surface area contributed by atoms with E-state index in [4.69, 9.17) is 0 Å². The van der Waals surface area contributed by atoms with Gasteiger partial charge >= 0.3 is 0 Å². The Balaban J connectivity index is 2.11. The Morgan fingerprint density at radius 2 is 2.50 bits per heavy atom. The van der Waals surface area contributed by atoms with Crippen molar-refractivity contribution in [3.63, 3.8) is 0 Å². The number of hydrogen-bond acceptors (Lipinski definition) is 3. The van der Waals surface area contributed by atoms with E-state index in [2.05, 4.69) is 15.2 Å². The summed E-state index contributed by atoms with van der Waals surface area (Å²) < 4.78 is 0. The summed E-state index contributed by atoms with van der Waals surface area (Å²) in [4.78, 5) is 18.1. The molecule has 3 heterocycles.